The first-order chi connectivity index (χ1) is 10.5. The van der Waals surface area contributed by atoms with Crippen LogP contribution in [0.2, 0.25) is 5.02 Å². The molecule has 1 aromatic carbocycles. The fourth-order valence-electron chi connectivity index (χ4n) is 1.77. The minimum absolute atomic E-state index is 0.0393. The van der Waals surface area contributed by atoms with Crippen LogP contribution in [-0.4, -0.2) is 30.5 Å². The zero-order chi connectivity index (χ0) is 16.5. The Labute approximate surface area is 132 Å². The van der Waals surface area contributed by atoms with Gasteiger partial charge in [-0.05, 0) is 18.9 Å². The topological polar surface area (TPSA) is 98.5 Å². The molecule has 0 aliphatic heterocycles. The second-order valence-electron chi connectivity index (χ2n) is 4.56. The number of nitro benzene ring substituents is 1. The van der Waals surface area contributed by atoms with E-state index >= 15 is 0 Å². The van der Waals surface area contributed by atoms with Crippen molar-refractivity contribution in [2.24, 2.45) is 0 Å². The van der Waals surface area contributed by atoms with E-state index in [1.54, 1.807) is 0 Å². The van der Waals surface area contributed by atoms with Gasteiger partial charge in [0.15, 0.2) is 0 Å². The molecule has 0 radical (unpaired) electrons. The van der Waals surface area contributed by atoms with Crippen molar-refractivity contribution in [1.82, 2.24) is 5.32 Å². The summed E-state index contributed by atoms with van der Waals surface area (Å²) < 4.78 is 4.52. The Kier molecular flexibility index (Phi) is 7.31. The Bertz CT molecular complexity index is 562. The van der Waals surface area contributed by atoms with Gasteiger partial charge in [0.05, 0.1) is 22.6 Å². The Hall–Kier alpha value is -2.15. The number of ether oxygens (including phenoxy) is 1. The molecule has 0 saturated heterocycles. The van der Waals surface area contributed by atoms with E-state index in [2.05, 4.69) is 10.1 Å². The third-order valence-corrected chi connectivity index (χ3v) is 3.29. The van der Waals surface area contributed by atoms with E-state index in [9.17, 15) is 19.7 Å². The molecule has 0 bridgehead atoms. The molecule has 1 amide bonds. The molecule has 7 nitrogen and oxygen atoms in total. The number of hydrogen-bond acceptors (Lipinski definition) is 5. The fourth-order valence-corrected chi connectivity index (χ4v) is 2.03. The molecule has 0 aliphatic carbocycles. The van der Waals surface area contributed by atoms with Crippen molar-refractivity contribution in [3.8, 4) is 0 Å². The largest absolute Gasteiger partial charge is 0.469 e. The van der Waals surface area contributed by atoms with Gasteiger partial charge in [0.25, 0.3) is 11.6 Å². The van der Waals surface area contributed by atoms with Crippen molar-refractivity contribution < 1.29 is 19.2 Å². The second kappa shape index (κ2) is 8.99. The molecule has 0 saturated carbocycles. The van der Waals surface area contributed by atoms with Gasteiger partial charge < -0.3 is 10.1 Å². The lowest BCUT2D eigenvalue weighted by atomic mass is 10.1. The van der Waals surface area contributed by atoms with Gasteiger partial charge in [0, 0.05) is 25.1 Å². The first-order valence-electron chi connectivity index (χ1n) is 6.74. The molecule has 0 aromatic heterocycles. The predicted molar refractivity (Wildman–Crippen MR) is 80.9 cm³/mol. The zero-order valence-electron chi connectivity index (χ0n) is 12.1. The van der Waals surface area contributed by atoms with Crippen molar-refractivity contribution in [2.75, 3.05) is 13.7 Å². The van der Waals surface area contributed by atoms with E-state index in [4.69, 9.17) is 11.6 Å². The first kappa shape index (κ1) is 17.9. The summed E-state index contributed by atoms with van der Waals surface area (Å²) in [5, 5.41) is 13.3. The Morgan fingerprint density at radius 3 is 2.64 bits per heavy atom. The summed E-state index contributed by atoms with van der Waals surface area (Å²) in [6.07, 6.45) is 2.55. The van der Waals surface area contributed by atoms with Gasteiger partial charge >= 0.3 is 5.97 Å². The number of methoxy groups -OCH3 is 1. The summed E-state index contributed by atoms with van der Waals surface area (Å²) >= 11 is 5.87. The van der Waals surface area contributed by atoms with Crippen LogP contribution in [-0.2, 0) is 9.53 Å². The van der Waals surface area contributed by atoms with Crippen LogP contribution in [0.4, 0.5) is 5.69 Å². The summed E-state index contributed by atoms with van der Waals surface area (Å²) in [6, 6.07) is 3.71. The number of halogens is 1. The van der Waals surface area contributed by atoms with E-state index in [0.29, 0.717) is 25.8 Å². The van der Waals surface area contributed by atoms with Crippen LogP contribution in [0.5, 0.6) is 0 Å². The van der Waals surface area contributed by atoms with Gasteiger partial charge in [0.1, 0.15) is 0 Å². The smallest absolute Gasteiger partial charge is 0.305 e. The Balaban J connectivity index is 2.37. The molecule has 120 valence electrons. The van der Waals surface area contributed by atoms with E-state index in [1.165, 1.54) is 19.2 Å². The number of nitro groups is 1. The number of rotatable bonds is 8. The van der Waals surface area contributed by atoms with Crippen LogP contribution in [0.15, 0.2) is 18.2 Å². The normalized spacial score (nSPS) is 10.1. The maximum atomic E-state index is 11.9. The van der Waals surface area contributed by atoms with Crippen LogP contribution in [0.25, 0.3) is 0 Å². The second-order valence-corrected chi connectivity index (χ2v) is 4.97. The summed E-state index contributed by atoms with van der Waals surface area (Å²) in [4.78, 5) is 32.8. The van der Waals surface area contributed by atoms with Gasteiger partial charge in [-0.3, -0.25) is 19.7 Å². The molecule has 0 aliphatic rings. The molecule has 0 fully saturated rings. The number of unbranched alkanes of at least 4 members (excludes halogenated alkanes) is 2. The lowest BCUT2D eigenvalue weighted by Crippen LogP contribution is -2.24. The molecular weight excluding hydrogens is 312 g/mol. The van der Waals surface area contributed by atoms with Crippen LogP contribution < -0.4 is 5.32 Å². The highest BCUT2D eigenvalue weighted by Gasteiger charge is 2.14. The van der Waals surface area contributed by atoms with Gasteiger partial charge in [-0.25, -0.2) is 0 Å². The van der Waals surface area contributed by atoms with E-state index in [-0.39, 0.29) is 28.1 Å². The molecule has 0 spiro atoms. The number of esters is 1. The SMILES string of the molecule is COC(=O)CCCCCNC(=O)c1ccc([N+](=O)[O-])cc1Cl. The number of carbonyl (C=O) groups excluding carboxylic acids is 2. The highest BCUT2D eigenvalue weighted by Crippen LogP contribution is 2.22. The van der Waals surface area contributed by atoms with E-state index in [0.717, 1.165) is 12.5 Å². The van der Waals surface area contributed by atoms with Crippen molar-refractivity contribution in [2.45, 2.75) is 25.7 Å². The highest BCUT2D eigenvalue weighted by atomic mass is 35.5. The number of hydrogen-bond donors (Lipinski definition) is 1. The standard InChI is InChI=1S/C14H17ClN2O5/c1-22-13(18)5-3-2-4-8-16-14(19)11-7-6-10(17(20)21)9-12(11)15/h6-7,9H,2-5,8H2,1H3,(H,16,19). The number of carbonyl (C=O) groups is 2. The number of nitrogens with one attached hydrogen (secondary N) is 1. The molecule has 1 N–H and O–H groups in total. The minimum atomic E-state index is -0.575. The third-order valence-electron chi connectivity index (χ3n) is 2.98. The van der Waals surface area contributed by atoms with Crippen molar-refractivity contribution in [3.05, 3.63) is 38.9 Å². The average molecular weight is 329 g/mol. The third kappa shape index (κ3) is 5.69. The van der Waals surface area contributed by atoms with Gasteiger partial charge in [-0.1, -0.05) is 18.0 Å². The quantitative estimate of drug-likeness (QED) is 0.342. The van der Waals surface area contributed by atoms with Crippen molar-refractivity contribution >= 4 is 29.2 Å². The van der Waals surface area contributed by atoms with Crippen molar-refractivity contribution in [1.29, 1.82) is 0 Å². The summed E-state index contributed by atoms with van der Waals surface area (Å²) in [5.74, 6) is -0.630. The van der Waals surface area contributed by atoms with Gasteiger partial charge in [0.2, 0.25) is 0 Å². The number of benzene rings is 1. The summed E-state index contributed by atoms with van der Waals surface area (Å²) in [5.41, 5.74) is 0.0335. The lowest BCUT2D eigenvalue weighted by molar-refractivity contribution is -0.384. The monoisotopic (exact) mass is 328 g/mol. The van der Waals surface area contributed by atoms with Crippen molar-refractivity contribution in [3.63, 3.8) is 0 Å². The molecule has 1 aromatic rings. The van der Waals surface area contributed by atoms with Crippen LogP contribution in [0.3, 0.4) is 0 Å². The molecule has 1 rings (SSSR count). The zero-order valence-corrected chi connectivity index (χ0v) is 12.9. The number of nitrogens with zero attached hydrogens (tertiary/aromatic N) is 1. The van der Waals surface area contributed by atoms with E-state index in [1.807, 2.05) is 0 Å². The van der Waals surface area contributed by atoms with Crippen LogP contribution >= 0.6 is 11.6 Å². The molecule has 0 heterocycles. The Morgan fingerprint density at radius 2 is 2.05 bits per heavy atom. The highest BCUT2D eigenvalue weighted by molar-refractivity contribution is 6.34. The fraction of sp³-hybridized carbons (Fsp3) is 0.429. The lowest BCUT2D eigenvalue weighted by Gasteiger charge is -2.06. The summed E-state index contributed by atoms with van der Waals surface area (Å²) in [6.45, 7) is 0.438. The number of non-ortho nitro benzene ring substituents is 1. The Morgan fingerprint density at radius 1 is 1.32 bits per heavy atom. The van der Waals surface area contributed by atoms with Crippen LogP contribution in [0.1, 0.15) is 36.0 Å². The van der Waals surface area contributed by atoms with Gasteiger partial charge in [-0.2, -0.15) is 0 Å². The molecule has 22 heavy (non-hydrogen) atoms. The first-order valence-corrected chi connectivity index (χ1v) is 7.12. The maximum absolute atomic E-state index is 11.9. The van der Waals surface area contributed by atoms with Crippen LogP contribution in [0, 0.1) is 10.1 Å². The maximum Gasteiger partial charge on any atom is 0.305 e. The molecule has 0 atom stereocenters. The minimum Gasteiger partial charge on any atom is -0.469 e. The molecular formula is C14H17ClN2O5. The predicted octanol–water partition coefficient (Wildman–Crippen LogP) is 2.71. The number of amides is 1. The molecule has 8 heteroatoms. The molecule has 0 unspecified atom stereocenters. The van der Waals surface area contributed by atoms with Gasteiger partial charge in [-0.15, -0.1) is 0 Å². The summed E-state index contributed by atoms with van der Waals surface area (Å²) in [7, 11) is 1.34. The van der Waals surface area contributed by atoms with E-state index < -0.39 is 4.92 Å². The average Bonchev–Trinajstić information content (AvgIpc) is 2.49.